The van der Waals surface area contributed by atoms with Crippen LogP contribution in [0.25, 0.3) is 0 Å². The lowest BCUT2D eigenvalue weighted by Crippen LogP contribution is -2.58. The number of aliphatic hydroxyl groups is 1. The fourth-order valence-corrected chi connectivity index (χ4v) is 2.00. The fraction of sp³-hybridized carbons (Fsp3) is 0.750. The molecule has 5 heteroatoms. The fourth-order valence-electron chi connectivity index (χ4n) is 2.00. The van der Waals surface area contributed by atoms with Crippen LogP contribution in [0.4, 0.5) is 4.79 Å². The monoisotopic (exact) mass is 188 g/mol. The largest absolute Gasteiger partial charge is 0.521 e. The maximum atomic E-state index is 11.2. The lowest BCUT2D eigenvalue weighted by atomic mass is 10.2. The van der Waals surface area contributed by atoms with E-state index in [1.165, 1.54) is 6.92 Å². The molecule has 0 aliphatic carbocycles. The van der Waals surface area contributed by atoms with Gasteiger partial charge in [0.2, 0.25) is 0 Å². The molecule has 0 aromatic carbocycles. The number of aliphatic hydroxyl groups excluding tert-OH is 1. The average Bonchev–Trinajstić information content (AvgIpc) is 2.26. The predicted molar refractivity (Wildman–Crippen MR) is 43.9 cm³/mol. The standard InChI is InChI=1S/C8H13NO4/c1-5-3-7(11)4-9(5,6(2)10)8(12)13/h5,7,11H,3-4H2,1-2H3/p+1/t5-,7?,9?/m1/s1. The van der Waals surface area contributed by atoms with E-state index in [2.05, 4.69) is 0 Å². The molecule has 0 saturated carbocycles. The Kier molecular flexibility index (Phi) is 2.40. The van der Waals surface area contributed by atoms with Gasteiger partial charge in [-0.25, -0.2) is 4.79 Å². The molecule has 0 spiro atoms. The van der Waals surface area contributed by atoms with Crippen molar-refractivity contribution in [3.63, 3.8) is 0 Å². The number of hydrogen-bond acceptors (Lipinski definition) is 3. The Morgan fingerprint density at radius 1 is 1.46 bits per heavy atom. The van der Waals surface area contributed by atoms with Gasteiger partial charge in [-0.05, 0) is 6.92 Å². The molecular weight excluding hydrogens is 174 g/mol. The van der Waals surface area contributed by atoms with Crippen LogP contribution >= 0.6 is 0 Å². The van der Waals surface area contributed by atoms with Gasteiger partial charge in [0, 0.05) is 6.42 Å². The van der Waals surface area contributed by atoms with Crippen molar-refractivity contribution < 1.29 is 24.3 Å². The summed E-state index contributed by atoms with van der Waals surface area (Å²) in [5.74, 6) is -0.420. The van der Waals surface area contributed by atoms with E-state index in [1.54, 1.807) is 6.92 Å². The van der Waals surface area contributed by atoms with Gasteiger partial charge >= 0.3 is 12.0 Å². The molecule has 2 N–H and O–H groups in total. The van der Waals surface area contributed by atoms with Crippen LogP contribution in [0.15, 0.2) is 0 Å². The number of imide groups is 1. The number of quaternary nitrogens is 1. The van der Waals surface area contributed by atoms with E-state index in [1.807, 2.05) is 0 Å². The van der Waals surface area contributed by atoms with Crippen LogP contribution in [0.5, 0.6) is 0 Å². The van der Waals surface area contributed by atoms with Gasteiger partial charge in [0.15, 0.2) is 0 Å². The van der Waals surface area contributed by atoms with Gasteiger partial charge in [0.05, 0.1) is 6.92 Å². The van der Waals surface area contributed by atoms with Crippen LogP contribution in [0.2, 0.25) is 0 Å². The van der Waals surface area contributed by atoms with Gasteiger partial charge in [-0.2, -0.15) is 9.28 Å². The minimum atomic E-state index is -1.17. The smallest absolute Gasteiger partial charge is 0.435 e. The number of hydrogen-bond donors (Lipinski definition) is 2. The highest BCUT2D eigenvalue weighted by Crippen LogP contribution is 2.27. The van der Waals surface area contributed by atoms with E-state index in [0.29, 0.717) is 6.42 Å². The molecule has 1 rings (SSSR count). The second-order valence-electron chi connectivity index (χ2n) is 3.59. The number of carbonyl (C=O) groups is 2. The van der Waals surface area contributed by atoms with Crippen molar-refractivity contribution in [2.24, 2.45) is 0 Å². The van der Waals surface area contributed by atoms with Crippen molar-refractivity contribution in [2.45, 2.75) is 32.4 Å². The number of carbonyl (C=O) groups excluding carboxylic acids is 1. The van der Waals surface area contributed by atoms with E-state index in [-0.39, 0.29) is 12.6 Å². The van der Waals surface area contributed by atoms with E-state index in [9.17, 15) is 14.7 Å². The maximum absolute atomic E-state index is 11.2. The normalized spacial score (nSPS) is 39.0. The van der Waals surface area contributed by atoms with Crippen molar-refractivity contribution in [2.75, 3.05) is 6.54 Å². The van der Waals surface area contributed by atoms with Crippen molar-refractivity contribution in [1.82, 2.24) is 0 Å². The summed E-state index contributed by atoms with van der Waals surface area (Å²) in [6.07, 6.45) is -1.49. The summed E-state index contributed by atoms with van der Waals surface area (Å²) >= 11 is 0. The number of amides is 2. The van der Waals surface area contributed by atoms with E-state index < -0.39 is 22.6 Å². The van der Waals surface area contributed by atoms with Crippen LogP contribution in [0.3, 0.4) is 0 Å². The molecule has 2 unspecified atom stereocenters. The van der Waals surface area contributed by atoms with E-state index >= 15 is 0 Å². The number of likely N-dealkylation sites (tertiary alicyclic amines) is 1. The molecule has 5 nitrogen and oxygen atoms in total. The third-order valence-electron chi connectivity index (χ3n) is 2.77. The molecule has 1 heterocycles. The van der Waals surface area contributed by atoms with Crippen molar-refractivity contribution >= 4 is 12.0 Å². The molecule has 0 aromatic heterocycles. The summed E-state index contributed by atoms with van der Waals surface area (Å²) in [6.45, 7) is 2.92. The first-order valence-electron chi connectivity index (χ1n) is 4.21. The first-order valence-corrected chi connectivity index (χ1v) is 4.21. The van der Waals surface area contributed by atoms with Crippen molar-refractivity contribution in [3.8, 4) is 0 Å². The van der Waals surface area contributed by atoms with Gasteiger partial charge in [-0.3, -0.25) is 0 Å². The van der Waals surface area contributed by atoms with Gasteiger partial charge in [-0.15, -0.1) is 0 Å². The molecule has 1 fully saturated rings. The number of carboxylic acid groups (broad SMARTS) is 1. The number of rotatable bonds is 0. The van der Waals surface area contributed by atoms with Crippen LogP contribution in [-0.2, 0) is 4.79 Å². The Balaban J connectivity index is 3.05. The highest BCUT2D eigenvalue weighted by atomic mass is 16.4. The minimum Gasteiger partial charge on any atom is -0.435 e. The molecule has 1 aliphatic rings. The Labute approximate surface area is 76.2 Å². The van der Waals surface area contributed by atoms with Crippen LogP contribution < -0.4 is 0 Å². The molecule has 1 aliphatic heterocycles. The highest BCUT2D eigenvalue weighted by Gasteiger charge is 2.54. The second-order valence-corrected chi connectivity index (χ2v) is 3.59. The molecule has 13 heavy (non-hydrogen) atoms. The topological polar surface area (TPSA) is 74.6 Å². The first-order chi connectivity index (χ1) is 5.91. The molecule has 0 bridgehead atoms. The lowest BCUT2D eigenvalue weighted by molar-refractivity contribution is -0.793. The zero-order valence-corrected chi connectivity index (χ0v) is 7.73. The average molecular weight is 188 g/mol. The van der Waals surface area contributed by atoms with Gasteiger partial charge in [-0.1, -0.05) is 0 Å². The molecule has 0 aromatic rings. The number of nitrogens with zero attached hydrogens (tertiary/aromatic N) is 1. The zero-order valence-electron chi connectivity index (χ0n) is 7.73. The van der Waals surface area contributed by atoms with Gasteiger partial charge < -0.3 is 10.2 Å². The van der Waals surface area contributed by atoms with Crippen molar-refractivity contribution in [3.05, 3.63) is 0 Å². The minimum absolute atomic E-state index is 0.00810. The Hall–Kier alpha value is -0.940. The first kappa shape index (κ1) is 10.1. The summed E-state index contributed by atoms with van der Waals surface area (Å²) in [5.41, 5.74) is 0. The van der Waals surface area contributed by atoms with Gasteiger partial charge in [0.1, 0.15) is 18.7 Å². The Morgan fingerprint density at radius 2 is 2.00 bits per heavy atom. The lowest BCUT2D eigenvalue weighted by Gasteiger charge is -2.27. The predicted octanol–water partition coefficient (Wildman–Crippen LogP) is 0.181. The SMILES string of the molecule is CC(=O)[N+]1(C(=O)O)CC(O)C[C@H]1C. The van der Waals surface area contributed by atoms with Crippen molar-refractivity contribution in [1.29, 1.82) is 0 Å². The molecular formula is C8H14NO4+. The molecule has 2 amide bonds. The summed E-state index contributed by atoms with van der Waals surface area (Å²) in [5, 5.41) is 18.3. The quantitative estimate of drug-likeness (QED) is 0.532. The molecule has 1 saturated heterocycles. The maximum Gasteiger partial charge on any atom is 0.521 e. The second kappa shape index (κ2) is 3.08. The summed E-state index contributed by atoms with van der Waals surface area (Å²) < 4.78 is -0.638. The zero-order chi connectivity index (χ0) is 10.2. The molecule has 3 atom stereocenters. The Morgan fingerprint density at radius 3 is 2.15 bits per heavy atom. The summed E-state index contributed by atoms with van der Waals surface area (Å²) in [6, 6.07) is -0.343. The molecule has 74 valence electrons. The summed E-state index contributed by atoms with van der Waals surface area (Å²) in [4.78, 5) is 22.2. The molecule has 0 radical (unpaired) electrons. The van der Waals surface area contributed by atoms with Crippen LogP contribution in [0, 0.1) is 0 Å². The third kappa shape index (κ3) is 1.34. The van der Waals surface area contributed by atoms with Gasteiger partial charge in [0.25, 0.3) is 0 Å². The van der Waals surface area contributed by atoms with E-state index in [4.69, 9.17) is 5.11 Å². The van der Waals surface area contributed by atoms with E-state index in [0.717, 1.165) is 0 Å². The third-order valence-corrected chi connectivity index (χ3v) is 2.77. The van der Waals surface area contributed by atoms with Crippen LogP contribution in [0.1, 0.15) is 20.3 Å². The Bertz CT molecular complexity index is 237. The van der Waals surface area contributed by atoms with Crippen LogP contribution in [-0.4, -0.2) is 45.4 Å². The highest BCUT2D eigenvalue weighted by molar-refractivity contribution is 5.79. The summed E-state index contributed by atoms with van der Waals surface area (Å²) in [7, 11) is 0.